The molecule has 0 unspecified atom stereocenters. The fourth-order valence-corrected chi connectivity index (χ4v) is 2.15. The molecule has 2 N–H and O–H groups in total. The van der Waals surface area contributed by atoms with E-state index in [2.05, 4.69) is 0 Å². The average molecular weight is 296 g/mol. The number of hydrogen-bond acceptors (Lipinski definition) is 5. The largest absolute Gasteiger partial charge is 0.477 e. The van der Waals surface area contributed by atoms with E-state index in [9.17, 15) is 20.0 Å². The first-order chi connectivity index (χ1) is 10.0. The number of hydrogen-bond donors (Lipinski definition) is 2. The molecule has 0 atom stereocenters. The smallest absolute Gasteiger partial charge is 0.343 e. The van der Waals surface area contributed by atoms with Gasteiger partial charge in [-0.2, -0.15) is 0 Å². The average Bonchev–Trinajstić information content (AvgIpc) is 2.44. The molecule has 0 fully saturated rings. The summed E-state index contributed by atoms with van der Waals surface area (Å²) in [4.78, 5) is 23.5. The third kappa shape index (κ3) is 4.80. The lowest BCUT2D eigenvalue weighted by atomic mass is 10.0. The molecule has 1 aromatic rings. The Hall–Kier alpha value is -1.99. The van der Waals surface area contributed by atoms with Crippen LogP contribution >= 0.6 is 0 Å². The van der Waals surface area contributed by atoms with E-state index in [1.807, 2.05) is 11.8 Å². The van der Waals surface area contributed by atoms with Gasteiger partial charge in [0, 0.05) is 19.2 Å². The highest BCUT2D eigenvalue weighted by Gasteiger charge is 2.24. The molecule has 7 heteroatoms. The summed E-state index contributed by atoms with van der Waals surface area (Å²) >= 11 is 0. The number of rotatable bonds is 9. The van der Waals surface area contributed by atoms with Gasteiger partial charge >= 0.3 is 5.97 Å². The minimum absolute atomic E-state index is 0.0406. The molecule has 116 valence electrons. The fraction of sp³-hybridized carbons (Fsp3) is 0.500. The molecule has 0 aliphatic carbocycles. The Kier molecular flexibility index (Phi) is 6.77. The summed E-state index contributed by atoms with van der Waals surface area (Å²) in [6, 6.07) is 4.25. The van der Waals surface area contributed by atoms with Gasteiger partial charge < -0.3 is 10.2 Å². The third-order valence-corrected chi connectivity index (χ3v) is 3.18. The van der Waals surface area contributed by atoms with Crippen LogP contribution in [0.2, 0.25) is 0 Å². The molecule has 0 amide bonds. The molecule has 0 aliphatic rings. The standard InChI is InChI=1S/C14H20N2O5/c1-2-3-7-15(8-9-17)10-11-5-4-6-12(16(20)21)13(11)14(18)19/h4-6,17H,2-3,7-10H2,1H3,(H,18,19). The molecule has 0 spiro atoms. The second-order valence-corrected chi connectivity index (χ2v) is 4.73. The van der Waals surface area contributed by atoms with Crippen molar-refractivity contribution in [3.05, 3.63) is 39.4 Å². The number of nitrogens with zero attached hydrogens (tertiary/aromatic N) is 2. The van der Waals surface area contributed by atoms with Gasteiger partial charge in [0.25, 0.3) is 5.69 Å². The maximum Gasteiger partial charge on any atom is 0.343 e. The summed E-state index contributed by atoms with van der Waals surface area (Å²) in [5.41, 5.74) is -0.289. The Morgan fingerprint density at radius 1 is 1.38 bits per heavy atom. The lowest BCUT2D eigenvalue weighted by Gasteiger charge is -2.21. The van der Waals surface area contributed by atoms with Crippen LogP contribution in [-0.4, -0.2) is 45.7 Å². The summed E-state index contributed by atoms with van der Waals surface area (Å²) in [5, 5.41) is 29.3. The zero-order valence-corrected chi connectivity index (χ0v) is 12.0. The lowest BCUT2D eigenvalue weighted by molar-refractivity contribution is -0.385. The maximum atomic E-state index is 11.3. The summed E-state index contributed by atoms with van der Waals surface area (Å²) in [6.07, 6.45) is 1.89. The van der Waals surface area contributed by atoms with Crippen LogP contribution in [0.3, 0.4) is 0 Å². The summed E-state index contributed by atoms with van der Waals surface area (Å²) in [6.45, 7) is 3.37. The molecule has 0 saturated carbocycles. The Morgan fingerprint density at radius 2 is 2.10 bits per heavy atom. The number of carboxylic acids is 1. The first-order valence-electron chi connectivity index (χ1n) is 6.84. The Balaban J connectivity index is 3.07. The van der Waals surface area contributed by atoms with Crippen molar-refractivity contribution < 1.29 is 19.9 Å². The van der Waals surface area contributed by atoms with Gasteiger partial charge in [-0.1, -0.05) is 25.5 Å². The third-order valence-electron chi connectivity index (χ3n) is 3.18. The molecule has 1 rings (SSSR count). The highest BCUT2D eigenvalue weighted by atomic mass is 16.6. The van der Waals surface area contributed by atoms with Crippen LogP contribution in [0.5, 0.6) is 0 Å². The molecular weight excluding hydrogens is 276 g/mol. The molecule has 0 saturated heterocycles. The number of aromatic carboxylic acids is 1. The van der Waals surface area contributed by atoms with Crippen molar-refractivity contribution in [2.24, 2.45) is 0 Å². The van der Waals surface area contributed by atoms with E-state index in [4.69, 9.17) is 5.11 Å². The van der Waals surface area contributed by atoms with E-state index in [0.29, 0.717) is 18.7 Å². The van der Waals surface area contributed by atoms with Crippen molar-refractivity contribution in [2.75, 3.05) is 19.7 Å². The van der Waals surface area contributed by atoms with Crippen LogP contribution < -0.4 is 0 Å². The molecule has 0 aliphatic heterocycles. The fourth-order valence-electron chi connectivity index (χ4n) is 2.15. The van der Waals surface area contributed by atoms with Gasteiger partial charge in [-0.25, -0.2) is 4.79 Å². The van der Waals surface area contributed by atoms with Crippen molar-refractivity contribution in [2.45, 2.75) is 26.3 Å². The first-order valence-corrected chi connectivity index (χ1v) is 6.84. The van der Waals surface area contributed by atoms with E-state index in [1.54, 1.807) is 6.07 Å². The Labute approximate surface area is 123 Å². The van der Waals surface area contributed by atoms with Crippen molar-refractivity contribution in [1.82, 2.24) is 4.90 Å². The van der Waals surface area contributed by atoms with E-state index in [-0.39, 0.29) is 18.7 Å². The predicted molar refractivity (Wildman–Crippen MR) is 77.3 cm³/mol. The lowest BCUT2D eigenvalue weighted by Crippen LogP contribution is -2.28. The van der Waals surface area contributed by atoms with Gasteiger partial charge in [-0.3, -0.25) is 15.0 Å². The number of carboxylic acid groups (broad SMARTS) is 1. The molecule has 0 bridgehead atoms. The van der Waals surface area contributed by atoms with Crippen molar-refractivity contribution in [3.8, 4) is 0 Å². The van der Waals surface area contributed by atoms with Crippen molar-refractivity contribution >= 4 is 11.7 Å². The minimum atomic E-state index is -1.31. The highest BCUT2D eigenvalue weighted by Crippen LogP contribution is 2.23. The summed E-state index contributed by atoms with van der Waals surface area (Å²) in [5.74, 6) is -1.31. The first kappa shape index (κ1) is 17.1. The Morgan fingerprint density at radius 3 is 2.62 bits per heavy atom. The highest BCUT2D eigenvalue weighted by molar-refractivity contribution is 5.94. The maximum absolute atomic E-state index is 11.3. The van der Waals surface area contributed by atoms with Gasteiger partial charge in [0.15, 0.2) is 0 Å². The van der Waals surface area contributed by atoms with Gasteiger partial charge in [0.2, 0.25) is 0 Å². The zero-order chi connectivity index (χ0) is 15.8. The zero-order valence-electron chi connectivity index (χ0n) is 12.0. The predicted octanol–water partition coefficient (Wildman–Crippen LogP) is 1.89. The van der Waals surface area contributed by atoms with Crippen molar-refractivity contribution in [1.29, 1.82) is 0 Å². The number of unbranched alkanes of at least 4 members (excludes halogenated alkanes) is 1. The SMILES string of the molecule is CCCCN(CCO)Cc1cccc([N+](=O)[O-])c1C(=O)O. The summed E-state index contributed by atoms with van der Waals surface area (Å²) < 4.78 is 0. The van der Waals surface area contributed by atoms with Crippen LogP contribution in [0.4, 0.5) is 5.69 Å². The van der Waals surface area contributed by atoms with Crippen molar-refractivity contribution in [3.63, 3.8) is 0 Å². The molecule has 1 aromatic carbocycles. The second-order valence-electron chi connectivity index (χ2n) is 4.73. The van der Waals surface area contributed by atoms with E-state index in [1.165, 1.54) is 12.1 Å². The summed E-state index contributed by atoms with van der Waals surface area (Å²) in [7, 11) is 0. The second kappa shape index (κ2) is 8.33. The molecule has 21 heavy (non-hydrogen) atoms. The number of carbonyl (C=O) groups is 1. The van der Waals surface area contributed by atoms with Gasteiger partial charge in [-0.05, 0) is 18.5 Å². The van der Waals surface area contributed by atoms with Gasteiger partial charge in [-0.15, -0.1) is 0 Å². The normalized spacial score (nSPS) is 10.8. The van der Waals surface area contributed by atoms with E-state index in [0.717, 1.165) is 12.8 Å². The molecule has 7 nitrogen and oxygen atoms in total. The number of aliphatic hydroxyl groups is 1. The molecule has 0 aromatic heterocycles. The number of aliphatic hydroxyl groups excluding tert-OH is 1. The number of nitro benzene ring substituents is 1. The Bertz CT molecular complexity index is 504. The minimum Gasteiger partial charge on any atom is -0.477 e. The van der Waals surface area contributed by atoms with Gasteiger partial charge in [0.05, 0.1) is 11.5 Å². The molecule has 0 radical (unpaired) electrons. The molecular formula is C14H20N2O5. The number of benzene rings is 1. The van der Waals surface area contributed by atoms with Gasteiger partial charge in [0.1, 0.15) is 5.56 Å². The van der Waals surface area contributed by atoms with E-state index < -0.39 is 16.6 Å². The van der Waals surface area contributed by atoms with Crippen LogP contribution in [-0.2, 0) is 6.54 Å². The van der Waals surface area contributed by atoms with Crippen LogP contribution in [0.15, 0.2) is 18.2 Å². The monoisotopic (exact) mass is 296 g/mol. The van der Waals surface area contributed by atoms with E-state index >= 15 is 0 Å². The topological polar surface area (TPSA) is 104 Å². The van der Waals surface area contributed by atoms with Crippen LogP contribution in [0, 0.1) is 10.1 Å². The quantitative estimate of drug-likeness (QED) is 0.532. The van der Waals surface area contributed by atoms with Crippen LogP contribution in [0.1, 0.15) is 35.7 Å². The van der Waals surface area contributed by atoms with Crippen LogP contribution in [0.25, 0.3) is 0 Å². The molecule has 0 heterocycles. The number of nitro groups is 1.